The van der Waals surface area contributed by atoms with Gasteiger partial charge in [0.2, 0.25) is 5.91 Å². The highest BCUT2D eigenvalue weighted by atomic mass is 35.5. The van der Waals surface area contributed by atoms with Gasteiger partial charge in [-0.25, -0.2) is 0 Å². The van der Waals surface area contributed by atoms with Crippen molar-refractivity contribution in [3.63, 3.8) is 0 Å². The van der Waals surface area contributed by atoms with E-state index in [0.717, 1.165) is 62.4 Å². The molecular weight excluding hydrogens is 780 g/mol. The van der Waals surface area contributed by atoms with Crippen LogP contribution in [0.1, 0.15) is 136 Å². The number of benzene rings is 1. The van der Waals surface area contributed by atoms with Crippen LogP contribution < -0.4 is 15.4 Å². The highest BCUT2D eigenvalue weighted by Gasteiger charge is 2.65. The smallest absolute Gasteiger partial charge is 0.309 e. The maximum atomic E-state index is 14.5. The summed E-state index contributed by atoms with van der Waals surface area (Å²) >= 11 is 6.32. The van der Waals surface area contributed by atoms with Gasteiger partial charge in [-0.15, -0.1) is 0 Å². The minimum absolute atomic E-state index is 0.0243. The average molecular weight is 848 g/mol. The number of rotatable bonds is 10. The van der Waals surface area contributed by atoms with Gasteiger partial charge >= 0.3 is 5.97 Å². The van der Waals surface area contributed by atoms with Crippen molar-refractivity contribution in [2.24, 2.45) is 64.1 Å². The quantitative estimate of drug-likeness (QED) is 0.177. The Morgan fingerprint density at radius 1 is 0.967 bits per heavy atom. The summed E-state index contributed by atoms with van der Waals surface area (Å²) in [6, 6.07) is 4.89. The lowest BCUT2D eigenvalue weighted by atomic mass is 9.38. The zero-order valence-electron chi connectivity index (χ0n) is 37.0. The second kappa shape index (κ2) is 15.8. The topological polar surface area (TPSA) is 137 Å². The Morgan fingerprint density at radius 2 is 1.68 bits per heavy atom. The molecule has 60 heavy (non-hydrogen) atoms. The van der Waals surface area contributed by atoms with Crippen molar-refractivity contribution in [1.82, 2.24) is 10.6 Å². The monoisotopic (exact) mass is 846 g/mol. The number of esters is 1. The molecule has 0 bridgehead atoms. The van der Waals surface area contributed by atoms with Gasteiger partial charge in [0.1, 0.15) is 29.8 Å². The number of Topliss-reactive ketones (excluding diaryl/α,β-unsaturated/α-hetero) is 1. The van der Waals surface area contributed by atoms with E-state index in [0.29, 0.717) is 66.6 Å². The largest absolute Gasteiger partial charge is 0.487 e. The molecule has 2 amide bonds. The third-order valence-corrected chi connectivity index (χ3v) is 17.7. The fourth-order valence-corrected chi connectivity index (χ4v) is 14.3. The van der Waals surface area contributed by atoms with E-state index in [4.69, 9.17) is 25.8 Å². The van der Waals surface area contributed by atoms with Crippen molar-refractivity contribution >= 4 is 41.5 Å². The van der Waals surface area contributed by atoms with Crippen LogP contribution in [0.25, 0.3) is 0 Å². The van der Waals surface area contributed by atoms with Gasteiger partial charge < -0.3 is 29.6 Å². The standard InChI is InChI=1S/C49H67ClN2O8/c1-26(2)41-37(54)23-49(52-45(57)46(5,6)51-43(55)33-10-9-30(50)22-39(33)59-31-16-20-58-25-31)19-14-36-32(42(41)49)11-12-40-47(7)18-15-38(28(4)35(47)13-17-48(36,40)8)60-44(56)34-21-29(24-53)27(34)3/h9-10,22,24,26-29,31-32,34-36,38,40H,11-21,23,25H2,1-8H3,(H,51,55)(H,52,57). The summed E-state index contributed by atoms with van der Waals surface area (Å²) in [7, 11) is 0. The van der Waals surface area contributed by atoms with Gasteiger partial charge in [0.25, 0.3) is 5.91 Å². The SMILES string of the molecule is CC(C)C1=C2C3CCC4C(C)(CCC5C(C)C(OC(=O)C6CC(C=O)C6C)CCC54C)C3CCC2(NC(=O)C(C)(C)NC(=O)c2ccc(Cl)cc2OC2CCOC2)CC1=O. The number of carbonyl (C=O) groups is 5. The molecule has 6 fully saturated rings. The molecule has 13 unspecified atom stereocenters. The van der Waals surface area contributed by atoms with E-state index in [1.165, 1.54) is 0 Å². The lowest BCUT2D eigenvalue weighted by Crippen LogP contribution is -2.65. The number of ether oxygens (including phenoxy) is 3. The van der Waals surface area contributed by atoms with Crippen LogP contribution in [-0.2, 0) is 28.7 Å². The summed E-state index contributed by atoms with van der Waals surface area (Å²) in [4.78, 5) is 67.2. The number of nitrogens with one attached hydrogen (secondary N) is 2. The predicted octanol–water partition coefficient (Wildman–Crippen LogP) is 8.47. The second-order valence-corrected chi connectivity index (χ2v) is 21.8. The Bertz CT molecular complexity index is 1960. The minimum Gasteiger partial charge on any atom is -0.487 e. The van der Waals surface area contributed by atoms with Crippen LogP contribution in [0.5, 0.6) is 5.75 Å². The first-order valence-corrected chi connectivity index (χ1v) is 23.3. The van der Waals surface area contributed by atoms with E-state index < -0.39 is 17.0 Å². The first kappa shape index (κ1) is 43.4. The summed E-state index contributed by atoms with van der Waals surface area (Å²) in [6.45, 7) is 18.0. The van der Waals surface area contributed by atoms with Gasteiger partial charge in [0, 0.05) is 23.8 Å². The average Bonchev–Trinajstić information content (AvgIpc) is 3.80. The van der Waals surface area contributed by atoms with E-state index in [9.17, 15) is 24.0 Å². The fraction of sp³-hybridized carbons (Fsp3) is 0.735. The first-order chi connectivity index (χ1) is 28.3. The number of carbonyl (C=O) groups excluding carboxylic acids is 5. The molecule has 0 radical (unpaired) electrons. The molecule has 0 aromatic heterocycles. The van der Waals surface area contributed by atoms with Crippen LogP contribution in [-0.4, -0.2) is 66.4 Å². The minimum atomic E-state index is -1.31. The summed E-state index contributed by atoms with van der Waals surface area (Å²) in [5.41, 5.74) is 0.410. The lowest BCUT2D eigenvalue weighted by molar-refractivity contribution is -0.195. The molecule has 6 aliphatic carbocycles. The molecule has 11 heteroatoms. The van der Waals surface area contributed by atoms with Crippen molar-refractivity contribution in [3.8, 4) is 5.75 Å². The number of halogens is 1. The second-order valence-electron chi connectivity index (χ2n) is 21.4. The Morgan fingerprint density at radius 3 is 2.37 bits per heavy atom. The number of hydrogen-bond acceptors (Lipinski definition) is 8. The summed E-state index contributed by atoms with van der Waals surface area (Å²) < 4.78 is 17.9. The van der Waals surface area contributed by atoms with E-state index in [1.54, 1.807) is 32.0 Å². The van der Waals surface area contributed by atoms with Crippen LogP contribution in [0.2, 0.25) is 5.02 Å². The maximum Gasteiger partial charge on any atom is 0.309 e. The highest BCUT2D eigenvalue weighted by Crippen LogP contribution is 2.70. The zero-order chi connectivity index (χ0) is 43.1. The molecule has 0 spiro atoms. The van der Waals surface area contributed by atoms with Crippen molar-refractivity contribution in [2.45, 2.75) is 149 Å². The van der Waals surface area contributed by atoms with Crippen molar-refractivity contribution < 1.29 is 38.2 Å². The molecular formula is C49H67ClN2O8. The van der Waals surface area contributed by atoms with Crippen molar-refractivity contribution in [3.05, 3.63) is 39.9 Å². The van der Waals surface area contributed by atoms with Crippen LogP contribution in [0.4, 0.5) is 0 Å². The Labute approximate surface area is 361 Å². The Kier molecular flexibility index (Phi) is 11.5. The van der Waals surface area contributed by atoms with Crippen LogP contribution in [0.15, 0.2) is 29.3 Å². The van der Waals surface area contributed by atoms with Gasteiger partial charge in [0.15, 0.2) is 5.78 Å². The Balaban J connectivity index is 0.996. The third kappa shape index (κ3) is 7.15. The van der Waals surface area contributed by atoms with Crippen molar-refractivity contribution in [1.29, 1.82) is 0 Å². The molecule has 5 saturated carbocycles. The molecule has 1 aromatic rings. The van der Waals surface area contributed by atoms with Gasteiger partial charge in [-0.05, 0) is 153 Å². The molecule has 1 heterocycles. The van der Waals surface area contributed by atoms with Crippen LogP contribution >= 0.6 is 11.6 Å². The summed E-state index contributed by atoms with van der Waals surface area (Å²) in [5, 5.41) is 6.88. The molecule has 328 valence electrons. The van der Waals surface area contributed by atoms with E-state index in [-0.39, 0.29) is 82.6 Å². The molecule has 2 N–H and O–H groups in total. The van der Waals surface area contributed by atoms with E-state index in [1.807, 2.05) is 6.92 Å². The van der Waals surface area contributed by atoms with Gasteiger partial charge in [-0.1, -0.05) is 53.1 Å². The number of hydrogen-bond donors (Lipinski definition) is 2. The molecule has 10 nitrogen and oxygen atoms in total. The van der Waals surface area contributed by atoms with E-state index in [2.05, 4.69) is 45.3 Å². The fourth-order valence-electron chi connectivity index (χ4n) is 14.1. The highest BCUT2D eigenvalue weighted by molar-refractivity contribution is 6.30. The van der Waals surface area contributed by atoms with Crippen molar-refractivity contribution in [2.75, 3.05) is 13.2 Å². The molecule has 13 atom stereocenters. The van der Waals surface area contributed by atoms with Gasteiger partial charge in [-0.2, -0.15) is 0 Å². The number of fused-ring (bicyclic) bond motifs is 7. The predicted molar refractivity (Wildman–Crippen MR) is 228 cm³/mol. The maximum absolute atomic E-state index is 14.5. The lowest BCUT2D eigenvalue weighted by Gasteiger charge is -2.67. The Hall–Kier alpha value is -3.24. The summed E-state index contributed by atoms with van der Waals surface area (Å²) in [6.07, 6.45) is 9.94. The molecule has 7 aliphatic rings. The zero-order valence-corrected chi connectivity index (χ0v) is 37.8. The number of amides is 2. The van der Waals surface area contributed by atoms with Gasteiger partial charge in [-0.3, -0.25) is 19.2 Å². The van der Waals surface area contributed by atoms with Crippen LogP contribution in [0.3, 0.4) is 0 Å². The molecule has 1 aliphatic heterocycles. The number of allylic oxidation sites excluding steroid dienone is 1. The number of ketones is 1. The molecule has 1 aromatic carbocycles. The third-order valence-electron chi connectivity index (χ3n) is 17.4. The van der Waals surface area contributed by atoms with Crippen LogP contribution in [0, 0.1) is 64.1 Å². The first-order valence-electron chi connectivity index (χ1n) is 23.0. The number of aldehydes is 1. The van der Waals surface area contributed by atoms with Gasteiger partial charge in [0.05, 0.1) is 30.2 Å². The molecule has 1 saturated heterocycles. The normalized spacial score (nSPS) is 39.7. The van der Waals surface area contributed by atoms with E-state index >= 15 is 0 Å². The summed E-state index contributed by atoms with van der Waals surface area (Å²) in [5.74, 6) is 1.23. The molecule has 8 rings (SSSR count).